The maximum Gasteiger partial charge on any atom is 0.171 e. The molecular formula is C15H13FN2O2S. The number of aromatic nitrogens is 2. The van der Waals surface area contributed by atoms with Gasteiger partial charge < -0.3 is 14.8 Å². The molecule has 3 rings (SSSR count). The van der Waals surface area contributed by atoms with Crippen LogP contribution in [0.5, 0.6) is 5.75 Å². The number of hydrogen-bond donors (Lipinski definition) is 2. The van der Waals surface area contributed by atoms with Crippen LogP contribution < -0.4 is 4.74 Å². The van der Waals surface area contributed by atoms with Gasteiger partial charge in [-0.1, -0.05) is 11.8 Å². The fraction of sp³-hybridized carbons (Fsp3) is 0.133. The van der Waals surface area contributed by atoms with E-state index in [9.17, 15) is 4.39 Å². The Morgan fingerprint density at radius 2 is 2.14 bits per heavy atom. The van der Waals surface area contributed by atoms with Gasteiger partial charge in [0.2, 0.25) is 0 Å². The molecular weight excluding hydrogens is 291 g/mol. The first-order valence-corrected chi connectivity index (χ1v) is 7.11. The number of ether oxygens (including phenoxy) is 1. The third-order valence-electron chi connectivity index (χ3n) is 3.00. The number of aliphatic hydroxyl groups is 1. The van der Waals surface area contributed by atoms with Crippen molar-refractivity contribution in [3.05, 3.63) is 47.8 Å². The molecule has 2 aromatic carbocycles. The summed E-state index contributed by atoms with van der Waals surface area (Å²) in [6, 6.07) is 10.0. The number of aliphatic hydroxyl groups excluding tert-OH is 1. The van der Waals surface area contributed by atoms with E-state index in [2.05, 4.69) is 9.97 Å². The van der Waals surface area contributed by atoms with Crippen LogP contribution in [0.25, 0.3) is 11.0 Å². The Labute approximate surface area is 125 Å². The molecule has 0 aliphatic heterocycles. The Morgan fingerprint density at radius 1 is 1.29 bits per heavy atom. The maximum atomic E-state index is 13.4. The lowest BCUT2D eigenvalue weighted by Gasteiger charge is -2.02. The molecule has 108 valence electrons. The number of aromatic amines is 1. The molecule has 0 spiro atoms. The molecule has 1 aromatic heterocycles. The van der Waals surface area contributed by atoms with Crippen LogP contribution in [0.4, 0.5) is 4.39 Å². The van der Waals surface area contributed by atoms with E-state index in [1.807, 2.05) is 18.2 Å². The van der Waals surface area contributed by atoms with Crippen LogP contribution in [0.1, 0.15) is 5.56 Å². The molecule has 2 N–H and O–H groups in total. The van der Waals surface area contributed by atoms with E-state index >= 15 is 0 Å². The van der Waals surface area contributed by atoms with Crippen LogP contribution >= 0.6 is 11.8 Å². The summed E-state index contributed by atoms with van der Waals surface area (Å²) in [5.41, 5.74) is 2.21. The summed E-state index contributed by atoms with van der Waals surface area (Å²) in [6.45, 7) is -0.192. The molecule has 0 aliphatic rings. The number of H-pyrrole nitrogens is 1. The predicted molar refractivity (Wildman–Crippen MR) is 79.1 cm³/mol. The number of nitrogens with zero attached hydrogens (tertiary/aromatic N) is 1. The Kier molecular flexibility index (Phi) is 3.81. The lowest BCUT2D eigenvalue weighted by atomic mass is 10.2. The number of hydrogen-bond acceptors (Lipinski definition) is 4. The smallest absolute Gasteiger partial charge is 0.171 e. The van der Waals surface area contributed by atoms with Crippen LogP contribution in [0.2, 0.25) is 0 Å². The summed E-state index contributed by atoms with van der Waals surface area (Å²) in [7, 11) is 1.61. The second-order valence-electron chi connectivity index (χ2n) is 4.48. The van der Waals surface area contributed by atoms with Crippen molar-refractivity contribution in [2.75, 3.05) is 7.11 Å². The number of benzene rings is 2. The molecule has 21 heavy (non-hydrogen) atoms. The first-order valence-electron chi connectivity index (χ1n) is 6.30. The molecule has 0 atom stereocenters. The van der Waals surface area contributed by atoms with Crippen molar-refractivity contribution < 1.29 is 14.2 Å². The third-order valence-corrected chi connectivity index (χ3v) is 3.85. The number of methoxy groups -OCH3 is 1. The molecule has 3 aromatic rings. The highest BCUT2D eigenvalue weighted by molar-refractivity contribution is 7.99. The Balaban J connectivity index is 1.92. The van der Waals surface area contributed by atoms with Crippen molar-refractivity contribution in [2.45, 2.75) is 16.7 Å². The SMILES string of the molecule is COc1ccc2nc(Sc3cc(F)cc(CO)c3)[nH]c2c1. The topological polar surface area (TPSA) is 58.1 Å². The second kappa shape index (κ2) is 5.75. The fourth-order valence-electron chi connectivity index (χ4n) is 2.02. The Hall–Kier alpha value is -2.05. The van der Waals surface area contributed by atoms with Crippen molar-refractivity contribution in [1.82, 2.24) is 9.97 Å². The number of halogens is 1. The van der Waals surface area contributed by atoms with Crippen molar-refractivity contribution in [1.29, 1.82) is 0 Å². The molecule has 6 heteroatoms. The first-order chi connectivity index (χ1) is 10.2. The largest absolute Gasteiger partial charge is 0.497 e. The van der Waals surface area contributed by atoms with Crippen LogP contribution in [0, 0.1) is 5.82 Å². The lowest BCUT2D eigenvalue weighted by Crippen LogP contribution is -1.87. The van der Waals surface area contributed by atoms with E-state index < -0.39 is 0 Å². The van der Waals surface area contributed by atoms with Crippen molar-refractivity contribution in [3.63, 3.8) is 0 Å². The molecule has 1 heterocycles. The minimum Gasteiger partial charge on any atom is -0.497 e. The highest BCUT2D eigenvalue weighted by atomic mass is 32.2. The van der Waals surface area contributed by atoms with Gasteiger partial charge >= 0.3 is 0 Å². The minimum absolute atomic E-state index is 0.192. The number of rotatable bonds is 4. The lowest BCUT2D eigenvalue weighted by molar-refractivity contribution is 0.281. The molecule has 0 amide bonds. The first kappa shape index (κ1) is 13.9. The number of nitrogens with one attached hydrogen (secondary N) is 1. The van der Waals surface area contributed by atoms with E-state index in [0.717, 1.165) is 16.8 Å². The zero-order chi connectivity index (χ0) is 14.8. The van der Waals surface area contributed by atoms with Gasteiger partial charge in [-0.25, -0.2) is 9.37 Å². The average Bonchev–Trinajstić information content (AvgIpc) is 2.87. The number of fused-ring (bicyclic) bond motifs is 1. The summed E-state index contributed by atoms with van der Waals surface area (Å²) in [4.78, 5) is 8.28. The van der Waals surface area contributed by atoms with E-state index in [4.69, 9.17) is 9.84 Å². The van der Waals surface area contributed by atoms with Gasteiger partial charge in [0.25, 0.3) is 0 Å². The second-order valence-corrected chi connectivity index (χ2v) is 5.54. The normalized spacial score (nSPS) is 11.0. The van der Waals surface area contributed by atoms with Crippen molar-refractivity contribution in [2.24, 2.45) is 0 Å². The Morgan fingerprint density at radius 3 is 2.90 bits per heavy atom. The number of imidazole rings is 1. The van der Waals surface area contributed by atoms with Gasteiger partial charge in [0.05, 0.1) is 24.8 Å². The maximum absolute atomic E-state index is 13.4. The standard InChI is InChI=1S/C15H13FN2O2S/c1-20-11-2-3-13-14(7-11)18-15(17-13)21-12-5-9(8-19)4-10(16)6-12/h2-7,19H,8H2,1H3,(H,17,18). The van der Waals surface area contributed by atoms with Crippen LogP contribution in [0.3, 0.4) is 0 Å². The zero-order valence-corrected chi connectivity index (χ0v) is 12.1. The fourth-order valence-corrected chi connectivity index (χ4v) is 2.93. The molecule has 0 saturated heterocycles. The molecule has 4 nitrogen and oxygen atoms in total. The third kappa shape index (κ3) is 3.01. The van der Waals surface area contributed by atoms with Crippen LogP contribution in [-0.4, -0.2) is 22.2 Å². The van der Waals surface area contributed by atoms with Gasteiger partial charge in [-0.05, 0) is 35.9 Å². The molecule has 0 unspecified atom stereocenters. The average molecular weight is 304 g/mol. The molecule has 0 bridgehead atoms. The van der Waals surface area contributed by atoms with Crippen LogP contribution in [-0.2, 0) is 6.61 Å². The van der Waals surface area contributed by atoms with E-state index in [0.29, 0.717) is 15.6 Å². The van der Waals surface area contributed by atoms with Gasteiger partial charge in [-0.3, -0.25) is 0 Å². The van der Waals surface area contributed by atoms with E-state index in [1.165, 1.54) is 23.9 Å². The molecule has 0 aliphatic carbocycles. The van der Waals surface area contributed by atoms with Crippen molar-refractivity contribution in [3.8, 4) is 5.75 Å². The molecule has 0 saturated carbocycles. The van der Waals surface area contributed by atoms with Gasteiger partial charge in [-0.15, -0.1) is 0 Å². The van der Waals surface area contributed by atoms with E-state index in [1.54, 1.807) is 13.2 Å². The highest BCUT2D eigenvalue weighted by Crippen LogP contribution is 2.29. The molecule has 0 fully saturated rings. The molecule has 0 radical (unpaired) electrons. The van der Waals surface area contributed by atoms with Gasteiger partial charge in [0, 0.05) is 11.0 Å². The minimum atomic E-state index is -0.373. The highest BCUT2D eigenvalue weighted by Gasteiger charge is 2.08. The van der Waals surface area contributed by atoms with Gasteiger partial charge in [0.1, 0.15) is 11.6 Å². The van der Waals surface area contributed by atoms with E-state index in [-0.39, 0.29) is 12.4 Å². The summed E-state index contributed by atoms with van der Waals surface area (Å²) in [5.74, 6) is 0.373. The quantitative estimate of drug-likeness (QED) is 0.776. The predicted octanol–water partition coefficient (Wildman–Crippen LogP) is 3.35. The summed E-state index contributed by atoms with van der Waals surface area (Å²) in [5, 5.41) is 9.77. The summed E-state index contributed by atoms with van der Waals surface area (Å²) in [6.07, 6.45) is 0. The van der Waals surface area contributed by atoms with Gasteiger partial charge in [0.15, 0.2) is 5.16 Å². The Bertz CT molecular complexity index is 788. The van der Waals surface area contributed by atoms with Gasteiger partial charge in [-0.2, -0.15) is 0 Å². The summed E-state index contributed by atoms with van der Waals surface area (Å²) < 4.78 is 18.6. The van der Waals surface area contributed by atoms with Crippen LogP contribution in [0.15, 0.2) is 46.5 Å². The van der Waals surface area contributed by atoms with Crippen molar-refractivity contribution >= 4 is 22.8 Å². The summed E-state index contributed by atoms with van der Waals surface area (Å²) >= 11 is 1.31. The zero-order valence-electron chi connectivity index (χ0n) is 11.3. The monoisotopic (exact) mass is 304 g/mol.